The quantitative estimate of drug-likeness (QED) is 0.656. The molecule has 6 heteroatoms. The Balaban J connectivity index is 2.09. The third-order valence-corrected chi connectivity index (χ3v) is 3.22. The van der Waals surface area contributed by atoms with Gasteiger partial charge in [-0.25, -0.2) is 0 Å². The molecule has 1 N–H and O–H groups in total. The highest BCUT2D eigenvalue weighted by molar-refractivity contribution is 6.63. The van der Waals surface area contributed by atoms with E-state index >= 15 is 0 Å². The molecule has 2 bridgehead atoms. The monoisotopic (exact) mass is 179 g/mol. The highest BCUT2D eigenvalue weighted by atomic mass is 19.4. The molecule has 3 saturated carbocycles. The molecule has 3 aliphatic carbocycles. The van der Waals surface area contributed by atoms with E-state index in [1.165, 1.54) is 0 Å². The van der Waals surface area contributed by atoms with Crippen LogP contribution in [0, 0.1) is 5.41 Å². The molecule has 2 nitrogen and oxygen atoms in total. The summed E-state index contributed by atoms with van der Waals surface area (Å²) in [5.41, 5.74) is -1.00. The predicted octanol–water partition coefficient (Wildman–Crippen LogP) is 1.84. The molecule has 0 heterocycles. The van der Waals surface area contributed by atoms with Crippen LogP contribution in [0.5, 0.6) is 0 Å². The summed E-state index contributed by atoms with van der Waals surface area (Å²) >= 11 is 0. The molecule has 0 saturated heterocycles. The number of carboxylic acids is 1. The maximum Gasteiger partial charge on any atom is 0.484 e. The van der Waals surface area contributed by atoms with E-state index in [1.54, 1.807) is 0 Å². The van der Waals surface area contributed by atoms with Crippen molar-refractivity contribution in [1.29, 1.82) is 0 Å². The SMILES string of the molecule is O=C(O)C12CC([B-](F)(F)F)(C1)C2. The van der Waals surface area contributed by atoms with Crippen LogP contribution in [0.4, 0.5) is 12.9 Å². The second-order valence-corrected chi connectivity index (χ2v) is 4.05. The molecule has 3 fully saturated rings. The van der Waals surface area contributed by atoms with Crippen molar-refractivity contribution in [2.24, 2.45) is 5.41 Å². The summed E-state index contributed by atoms with van der Waals surface area (Å²) in [4.78, 5) is 10.5. The second kappa shape index (κ2) is 1.65. The first kappa shape index (κ1) is 7.95. The fourth-order valence-corrected chi connectivity index (χ4v) is 2.44. The Morgan fingerprint density at radius 3 is 1.92 bits per heavy atom. The molecule has 0 radical (unpaired) electrons. The first-order chi connectivity index (χ1) is 5.31. The third kappa shape index (κ3) is 0.618. The third-order valence-electron chi connectivity index (χ3n) is 3.22. The first-order valence-corrected chi connectivity index (χ1v) is 3.74. The molecule has 0 unspecified atom stereocenters. The van der Waals surface area contributed by atoms with Crippen molar-refractivity contribution in [2.45, 2.75) is 24.6 Å². The normalized spacial score (nSPS) is 44.6. The molecule has 0 aromatic heterocycles. The summed E-state index contributed by atoms with van der Waals surface area (Å²) in [6.07, 6.45) is -0.545. The second-order valence-electron chi connectivity index (χ2n) is 4.05. The minimum Gasteiger partial charge on any atom is -0.481 e. The van der Waals surface area contributed by atoms with Crippen molar-refractivity contribution in [1.82, 2.24) is 0 Å². The maximum absolute atomic E-state index is 12.2. The van der Waals surface area contributed by atoms with E-state index < -0.39 is 23.7 Å². The molecular formula is C6H7BF3O2-. The van der Waals surface area contributed by atoms with E-state index in [0.717, 1.165) is 0 Å². The standard InChI is InChI=1S/C6H7BF3O2/c8-7(9,10)6-1-5(2-6,3-6)4(11)12/h1-3H2,(H,11,12)/q-1. The molecule has 0 atom stereocenters. The van der Waals surface area contributed by atoms with Gasteiger partial charge in [0.15, 0.2) is 0 Å². The number of halogens is 3. The van der Waals surface area contributed by atoms with Crippen LogP contribution in [0.25, 0.3) is 0 Å². The molecule has 0 aliphatic heterocycles. The van der Waals surface area contributed by atoms with Gasteiger partial charge in [0.1, 0.15) is 0 Å². The van der Waals surface area contributed by atoms with Gasteiger partial charge in [-0.15, -0.1) is 0 Å². The van der Waals surface area contributed by atoms with Gasteiger partial charge in [0.05, 0.1) is 5.41 Å². The van der Waals surface area contributed by atoms with Gasteiger partial charge in [-0.3, -0.25) is 4.79 Å². The summed E-state index contributed by atoms with van der Waals surface area (Å²) in [5, 5.41) is 6.98. The zero-order valence-corrected chi connectivity index (χ0v) is 6.19. The highest BCUT2D eigenvalue weighted by Gasteiger charge is 2.77. The van der Waals surface area contributed by atoms with Crippen LogP contribution in [0.15, 0.2) is 0 Å². The summed E-state index contributed by atoms with van der Waals surface area (Å²) in [6, 6.07) is 0. The number of aliphatic carboxylic acids is 1. The van der Waals surface area contributed by atoms with Crippen LogP contribution in [0.1, 0.15) is 19.3 Å². The van der Waals surface area contributed by atoms with Gasteiger partial charge in [0.25, 0.3) is 0 Å². The summed E-state index contributed by atoms with van der Waals surface area (Å²) in [7, 11) is 0. The van der Waals surface area contributed by atoms with Crippen molar-refractivity contribution in [3.63, 3.8) is 0 Å². The van der Waals surface area contributed by atoms with Crippen LogP contribution in [-0.4, -0.2) is 18.1 Å². The van der Waals surface area contributed by atoms with Crippen molar-refractivity contribution in [3.05, 3.63) is 0 Å². The van der Waals surface area contributed by atoms with E-state index in [4.69, 9.17) is 5.11 Å². The summed E-state index contributed by atoms with van der Waals surface area (Å²) in [6.45, 7) is -4.83. The van der Waals surface area contributed by atoms with Gasteiger partial charge in [0, 0.05) is 0 Å². The van der Waals surface area contributed by atoms with Gasteiger partial charge in [-0.2, -0.15) is 0 Å². The van der Waals surface area contributed by atoms with Crippen LogP contribution < -0.4 is 0 Å². The summed E-state index contributed by atoms with van der Waals surface area (Å²) < 4.78 is 36.7. The zero-order chi connectivity index (χ0) is 9.20. The Bertz CT molecular complexity index is 240. The smallest absolute Gasteiger partial charge is 0.481 e. The largest absolute Gasteiger partial charge is 0.484 e. The number of rotatable bonds is 2. The number of hydrogen-bond acceptors (Lipinski definition) is 1. The topological polar surface area (TPSA) is 37.3 Å². The molecule has 0 spiro atoms. The molecule has 12 heavy (non-hydrogen) atoms. The van der Waals surface area contributed by atoms with Crippen LogP contribution in [0.2, 0.25) is 5.31 Å². The van der Waals surface area contributed by atoms with E-state index in [9.17, 15) is 17.7 Å². The number of carboxylic acid groups (broad SMARTS) is 1. The average molecular weight is 179 g/mol. The van der Waals surface area contributed by atoms with Crippen LogP contribution in [-0.2, 0) is 4.79 Å². The molecule has 0 amide bonds. The molecular weight excluding hydrogens is 172 g/mol. The first-order valence-electron chi connectivity index (χ1n) is 3.74. The van der Waals surface area contributed by atoms with Crippen molar-refractivity contribution in [3.8, 4) is 0 Å². The van der Waals surface area contributed by atoms with Gasteiger partial charge < -0.3 is 18.1 Å². The van der Waals surface area contributed by atoms with Crippen LogP contribution in [0.3, 0.4) is 0 Å². The molecule has 68 valence electrons. The van der Waals surface area contributed by atoms with E-state index in [0.29, 0.717) is 0 Å². The van der Waals surface area contributed by atoms with Gasteiger partial charge in [-0.1, -0.05) is 24.6 Å². The molecule has 3 aliphatic rings. The van der Waals surface area contributed by atoms with Crippen molar-refractivity contribution < 1.29 is 22.8 Å². The van der Waals surface area contributed by atoms with Crippen LogP contribution >= 0.6 is 0 Å². The lowest BCUT2D eigenvalue weighted by atomic mass is 9.24. The Hall–Kier alpha value is -0.675. The van der Waals surface area contributed by atoms with Gasteiger partial charge in [0.2, 0.25) is 0 Å². The Morgan fingerprint density at radius 2 is 1.67 bits per heavy atom. The average Bonchev–Trinajstić information content (AvgIpc) is 1.46. The minimum atomic E-state index is -4.83. The number of carbonyl (C=O) groups is 1. The zero-order valence-electron chi connectivity index (χ0n) is 6.19. The molecule has 3 rings (SSSR count). The highest BCUT2D eigenvalue weighted by Crippen LogP contribution is 2.82. The fourth-order valence-electron chi connectivity index (χ4n) is 2.44. The molecule has 0 aromatic rings. The maximum atomic E-state index is 12.2. The van der Waals surface area contributed by atoms with Crippen molar-refractivity contribution in [2.75, 3.05) is 0 Å². The minimum absolute atomic E-state index is 0.182. The number of hydrogen-bond donors (Lipinski definition) is 1. The lowest BCUT2D eigenvalue weighted by molar-refractivity contribution is -0.184. The Kier molecular flexibility index (Phi) is 1.09. The Labute approximate surface area is 66.8 Å². The van der Waals surface area contributed by atoms with E-state index in [-0.39, 0.29) is 19.3 Å². The summed E-state index contributed by atoms with van der Waals surface area (Å²) in [5.74, 6) is -1.07. The predicted molar refractivity (Wildman–Crippen MR) is 35.7 cm³/mol. The van der Waals surface area contributed by atoms with Crippen molar-refractivity contribution >= 4 is 12.9 Å². The van der Waals surface area contributed by atoms with E-state index in [2.05, 4.69) is 0 Å². The lowest BCUT2D eigenvalue weighted by Gasteiger charge is -2.72. The Morgan fingerprint density at radius 1 is 1.25 bits per heavy atom. The molecule has 0 aromatic carbocycles. The fraction of sp³-hybridized carbons (Fsp3) is 0.833. The van der Waals surface area contributed by atoms with Gasteiger partial charge >= 0.3 is 12.9 Å². The lowest BCUT2D eigenvalue weighted by Crippen LogP contribution is -2.68. The van der Waals surface area contributed by atoms with E-state index in [1.807, 2.05) is 0 Å². The van der Waals surface area contributed by atoms with Gasteiger partial charge in [-0.05, 0) is 0 Å².